The zero-order valence-corrected chi connectivity index (χ0v) is 16.1. The standard InChI is InChI=1S/C21H21N5O3/c1-12-17(20(27)25-23-12)19(18-13(2)24-26-21(18)28)15-3-5-16(6-4-15)29-11-14-7-9-22-10-8-14/h3-10,19H,11H2,1-2H3,(H2,23,25,27)(H2,24,26,28). The molecule has 29 heavy (non-hydrogen) atoms. The second-order valence-electron chi connectivity index (χ2n) is 6.88. The Morgan fingerprint density at radius 2 is 1.38 bits per heavy atom. The van der Waals surface area contributed by atoms with Crippen molar-refractivity contribution in [3.05, 3.63) is 103 Å². The molecule has 0 fully saturated rings. The van der Waals surface area contributed by atoms with Crippen LogP contribution in [0.4, 0.5) is 0 Å². The Bertz CT molecular complexity index is 1160. The lowest BCUT2D eigenvalue weighted by atomic mass is 9.85. The Labute approximate surface area is 166 Å². The molecule has 1 aromatic carbocycles. The SMILES string of the molecule is Cc1[nH][nH]c(=O)c1C(c1ccc(OCc2ccncc2)cc1)c1c(C)[nH][nH]c1=O. The van der Waals surface area contributed by atoms with E-state index in [-0.39, 0.29) is 11.1 Å². The van der Waals surface area contributed by atoms with Crippen molar-refractivity contribution in [2.45, 2.75) is 26.4 Å². The Kier molecular flexibility index (Phi) is 4.90. The maximum absolute atomic E-state index is 12.5. The minimum absolute atomic E-state index is 0.245. The molecule has 3 aromatic heterocycles. The van der Waals surface area contributed by atoms with Gasteiger partial charge in [0.05, 0.1) is 11.1 Å². The molecule has 0 unspecified atom stereocenters. The molecule has 8 heteroatoms. The maximum Gasteiger partial charge on any atom is 0.268 e. The second kappa shape index (κ2) is 7.67. The molecule has 0 spiro atoms. The number of hydrogen-bond donors (Lipinski definition) is 4. The van der Waals surface area contributed by atoms with Gasteiger partial charge in [0.1, 0.15) is 12.4 Å². The van der Waals surface area contributed by atoms with Gasteiger partial charge in [0.2, 0.25) is 0 Å². The number of rotatable bonds is 6. The average Bonchev–Trinajstić information content (AvgIpc) is 3.25. The number of aromatic amines is 4. The van der Waals surface area contributed by atoms with Crippen LogP contribution in [-0.2, 0) is 6.61 Å². The van der Waals surface area contributed by atoms with E-state index >= 15 is 0 Å². The number of nitrogens with zero attached hydrogens (tertiary/aromatic N) is 1. The fourth-order valence-corrected chi connectivity index (χ4v) is 3.49. The van der Waals surface area contributed by atoms with Crippen molar-refractivity contribution in [1.29, 1.82) is 0 Å². The second-order valence-corrected chi connectivity index (χ2v) is 6.88. The number of nitrogens with one attached hydrogen (secondary N) is 4. The summed E-state index contributed by atoms with van der Waals surface area (Å²) >= 11 is 0. The fraction of sp³-hybridized carbons (Fsp3) is 0.190. The van der Waals surface area contributed by atoms with Crippen LogP contribution >= 0.6 is 0 Å². The van der Waals surface area contributed by atoms with Crippen molar-refractivity contribution in [3.63, 3.8) is 0 Å². The van der Waals surface area contributed by atoms with Gasteiger partial charge in [-0.3, -0.25) is 24.8 Å². The van der Waals surface area contributed by atoms with Crippen molar-refractivity contribution >= 4 is 0 Å². The number of aryl methyl sites for hydroxylation is 2. The van der Waals surface area contributed by atoms with Crippen molar-refractivity contribution in [2.75, 3.05) is 0 Å². The molecule has 4 rings (SSSR count). The molecule has 4 N–H and O–H groups in total. The van der Waals surface area contributed by atoms with Crippen LogP contribution in [0.1, 0.15) is 39.6 Å². The third-order valence-corrected chi connectivity index (χ3v) is 4.97. The van der Waals surface area contributed by atoms with Gasteiger partial charge >= 0.3 is 0 Å². The fourth-order valence-electron chi connectivity index (χ4n) is 3.49. The Balaban J connectivity index is 1.69. The molecule has 0 radical (unpaired) electrons. The highest BCUT2D eigenvalue weighted by Gasteiger charge is 2.27. The van der Waals surface area contributed by atoms with E-state index in [0.717, 1.165) is 11.1 Å². The molecule has 4 aromatic rings. The number of H-pyrrole nitrogens is 4. The van der Waals surface area contributed by atoms with Gasteiger partial charge in [-0.05, 0) is 49.2 Å². The molecule has 0 atom stereocenters. The summed E-state index contributed by atoms with van der Waals surface area (Å²) in [6.07, 6.45) is 3.44. The van der Waals surface area contributed by atoms with Crippen molar-refractivity contribution in [1.82, 2.24) is 25.4 Å². The van der Waals surface area contributed by atoms with E-state index in [1.54, 1.807) is 12.4 Å². The molecule has 148 valence electrons. The minimum Gasteiger partial charge on any atom is -0.489 e. The summed E-state index contributed by atoms with van der Waals surface area (Å²) in [4.78, 5) is 28.9. The normalized spacial score (nSPS) is 11.1. The number of hydrogen-bond acceptors (Lipinski definition) is 4. The highest BCUT2D eigenvalue weighted by Crippen LogP contribution is 2.32. The lowest BCUT2D eigenvalue weighted by molar-refractivity contribution is 0.306. The Morgan fingerprint density at radius 3 is 1.86 bits per heavy atom. The van der Waals surface area contributed by atoms with Crippen LogP contribution in [0.2, 0.25) is 0 Å². The molecule has 3 heterocycles. The van der Waals surface area contributed by atoms with Gasteiger partial charge in [0, 0.05) is 29.7 Å². The smallest absolute Gasteiger partial charge is 0.268 e. The summed E-state index contributed by atoms with van der Waals surface area (Å²) in [6, 6.07) is 11.2. The van der Waals surface area contributed by atoms with Gasteiger partial charge < -0.3 is 14.9 Å². The van der Waals surface area contributed by atoms with E-state index in [0.29, 0.717) is 34.9 Å². The summed E-state index contributed by atoms with van der Waals surface area (Å²) in [5, 5.41) is 10.9. The van der Waals surface area contributed by atoms with E-state index in [9.17, 15) is 9.59 Å². The third kappa shape index (κ3) is 3.64. The zero-order chi connectivity index (χ0) is 20.4. The van der Waals surface area contributed by atoms with E-state index in [4.69, 9.17) is 4.74 Å². The first-order valence-corrected chi connectivity index (χ1v) is 9.20. The van der Waals surface area contributed by atoms with Gasteiger partial charge in [-0.25, -0.2) is 0 Å². The van der Waals surface area contributed by atoms with Gasteiger partial charge in [0.15, 0.2) is 0 Å². The van der Waals surface area contributed by atoms with Crippen LogP contribution in [0.5, 0.6) is 5.75 Å². The Hall–Kier alpha value is -3.81. The molecule has 8 nitrogen and oxygen atoms in total. The first-order chi connectivity index (χ1) is 14.0. The molecular weight excluding hydrogens is 370 g/mol. The summed E-state index contributed by atoms with van der Waals surface area (Å²) in [6.45, 7) is 4.05. The lowest BCUT2D eigenvalue weighted by Crippen LogP contribution is -2.20. The van der Waals surface area contributed by atoms with Crippen LogP contribution in [0.25, 0.3) is 0 Å². The molecule has 0 saturated carbocycles. The Morgan fingerprint density at radius 1 is 0.828 bits per heavy atom. The molecule has 0 aliphatic carbocycles. The summed E-state index contributed by atoms with van der Waals surface area (Å²) in [7, 11) is 0. The number of aromatic nitrogens is 5. The van der Waals surface area contributed by atoms with Gasteiger partial charge in [-0.2, -0.15) is 0 Å². The predicted molar refractivity (Wildman–Crippen MR) is 108 cm³/mol. The van der Waals surface area contributed by atoms with Gasteiger partial charge in [0.25, 0.3) is 11.1 Å². The highest BCUT2D eigenvalue weighted by atomic mass is 16.5. The van der Waals surface area contributed by atoms with E-state index < -0.39 is 5.92 Å². The van der Waals surface area contributed by atoms with Crippen LogP contribution < -0.4 is 15.9 Å². The van der Waals surface area contributed by atoms with Gasteiger partial charge in [-0.1, -0.05) is 12.1 Å². The molecule has 0 aliphatic rings. The zero-order valence-electron chi connectivity index (χ0n) is 16.1. The average molecular weight is 391 g/mol. The number of pyridine rings is 1. The molecule has 0 saturated heterocycles. The lowest BCUT2D eigenvalue weighted by Gasteiger charge is -2.16. The minimum atomic E-state index is -0.505. The van der Waals surface area contributed by atoms with Crippen LogP contribution in [0.3, 0.4) is 0 Å². The van der Waals surface area contributed by atoms with Crippen molar-refractivity contribution < 1.29 is 4.74 Å². The quantitative estimate of drug-likeness (QED) is 0.404. The van der Waals surface area contributed by atoms with E-state index in [1.807, 2.05) is 50.2 Å². The number of benzene rings is 1. The van der Waals surface area contributed by atoms with Crippen LogP contribution in [-0.4, -0.2) is 25.4 Å². The van der Waals surface area contributed by atoms with Crippen molar-refractivity contribution in [3.8, 4) is 5.75 Å². The molecular formula is C21H21N5O3. The molecule has 0 amide bonds. The summed E-state index contributed by atoms with van der Waals surface area (Å²) in [5.74, 6) is 0.193. The maximum atomic E-state index is 12.5. The highest BCUT2D eigenvalue weighted by molar-refractivity contribution is 5.45. The topological polar surface area (TPSA) is 119 Å². The van der Waals surface area contributed by atoms with Crippen LogP contribution in [0, 0.1) is 13.8 Å². The van der Waals surface area contributed by atoms with Crippen molar-refractivity contribution in [2.24, 2.45) is 0 Å². The molecule has 0 aliphatic heterocycles. The summed E-state index contributed by atoms with van der Waals surface area (Å²) < 4.78 is 5.83. The van der Waals surface area contributed by atoms with E-state index in [2.05, 4.69) is 25.4 Å². The monoisotopic (exact) mass is 391 g/mol. The third-order valence-electron chi connectivity index (χ3n) is 4.97. The molecule has 0 bridgehead atoms. The van der Waals surface area contributed by atoms with Crippen LogP contribution in [0.15, 0.2) is 58.4 Å². The largest absolute Gasteiger partial charge is 0.489 e. The van der Waals surface area contributed by atoms with Gasteiger partial charge in [-0.15, -0.1) is 0 Å². The first kappa shape index (κ1) is 18.5. The first-order valence-electron chi connectivity index (χ1n) is 9.20. The number of ether oxygens (including phenoxy) is 1. The predicted octanol–water partition coefficient (Wildman–Crippen LogP) is 2.49. The summed E-state index contributed by atoms with van der Waals surface area (Å²) in [5.41, 5.74) is 3.77. The van der Waals surface area contributed by atoms with E-state index in [1.165, 1.54) is 0 Å².